The van der Waals surface area contributed by atoms with Crippen LogP contribution in [-0.2, 0) is 14.2 Å². The fourth-order valence-corrected chi connectivity index (χ4v) is 1.29. The third-order valence-electron chi connectivity index (χ3n) is 2.42. The summed E-state index contributed by atoms with van der Waals surface area (Å²) in [5.74, 6) is 0. The summed E-state index contributed by atoms with van der Waals surface area (Å²) in [5, 5.41) is 0. The van der Waals surface area contributed by atoms with E-state index in [1.165, 1.54) is 11.1 Å². The minimum absolute atomic E-state index is 0.269. The Kier molecular flexibility index (Phi) is 10.1. The molecule has 0 unspecified atom stereocenters. The molecule has 0 N–H and O–H groups in total. The Balaban J connectivity index is 3.66. The molecule has 0 saturated heterocycles. The quantitative estimate of drug-likeness (QED) is 0.353. The Hall–Kier alpha value is -0.640. The second kappa shape index (κ2) is 10.5. The largest absolute Gasteiger partial charge is 0.372 e. The van der Waals surface area contributed by atoms with Crippen molar-refractivity contribution in [2.45, 2.75) is 39.9 Å². The first kappa shape index (κ1) is 16.4. The molecule has 0 bridgehead atoms. The second-order valence-corrected chi connectivity index (χ2v) is 4.31. The summed E-state index contributed by atoms with van der Waals surface area (Å²) in [4.78, 5) is 0. The van der Waals surface area contributed by atoms with Gasteiger partial charge in [-0.2, -0.15) is 0 Å². The maximum absolute atomic E-state index is 5.43. The molecular weight excluding hydrogens is 216 g/mol. The predicted octanol–water partition coefficient (Wildman–Crippen LogP) is 3.31. The van der Waals surface area contributed by atoms with Crippen molar-refractivity contribution in [3.05, 3.63) is 23.3 Å². The van der Waals surface area contributed by atoms with E-state index in [1.807, 2.05) is 0 Å². The average molecular weight is 242 g/mol. The summed E-state index contributed by atoms with van der Waals surface area (Å²) in [6.45, 7) is 7.45. The lowest BCUT2D eigenvalue weighted by Crippen LogP contribution is -2.20. The van der Waals surface area contributed by atoms with Crippen molar-refractivity contribution >= 4 is 0 Å². The summed E-state index contributed by atoms with van der Waals surface area (Å²) in [5.41, 5.74) is 2.73. The highest BCUT2D eigenvalue weighted by atomic mass is 16.7. The van der Waals surface area contributed by atoms with Crippen LogP contribution in [0.5, 0.6) is 0 Å². The predicted molar refractivity (Wildman–Crippen MR) is 71.0 cm³/mol. The molecule has 3 heteroatoms. The first-order chi connectivity index (χ1) is 8.10. The monoisotopic (exact) mass is 242 g/mol. The maximum Gasteiger partial charge on any atom is 0.180 e. The van der Waals surface area contributed by atoms with Crippen molar-refractivity contribution in [1.82, 2.24) is 0 Å². The van der Waals surface area contributed by atoms with Gasteiger partial charge in [0.1, 0.15) is 0 Å². The third-order valence-corrected chi connectivity index (χ3v) is 2.42. The van der Waals surface area contributed by atoms with Crippen LogP contribution in [0.1, 0.15) is 33.6 Å². The molecule has 0 atom stereocenters. The van der Waals surface area contributed by atoms with Crippen LogP contribution in [0.15, 0.2) is 23.3 Å². The van der Waals surface area contributed by atoms with Crippen molar-refractivity contribution in [1.29, 1.82) is 0 Å². The number of rotatable bonds is 9. The normalized spacial score (nSPS) is 12.0. The standard InChI is InChI=1S/C14H26O3/c1-12(2)7-6-8-13(3)9-10-17-11-14(15-4)16-5/h7,9,14H,6,8,10-11H2,1-5H3/b13-9-. The maximum atomic E-state index is 5.43. The third kappa shape index (κ3) is 10.2. The topological polar surface area (TPSA) is 27.7 Å². The van der Waals surface area contributed by atoms with Crippen LogP contribution >= 0.6 is 0 Å². The number of methoxy groups -OCH3 is 2. The number of hydrogen-bond acceptors (Lipinski definition) is 3. The van der Waals surface area contributed by atoms with E-state index in [2.05, 4.69) is 32.9 Å². The minimum Gasteiger partial charge on any atom is -0.372 e. The lowest BCUT2D eigenvalue weighted by molar-refractivity contribution is -0.137. The molecule has 0 fully saturated rings. The van der Waals surface area contributed by atoms with Crippen molar-refractivity contribution < 1.29 is 14.2 Å². The van der Waals surface area contributed by atoms with E-state index in [0.29, 0.717) is 13.2 Å². The Bertz CT molecular complexity index is 236. The van der Waals surface area contributed by atoms with Gasteiger partial charge in [-0.1, -0.05) is 23.3 Å². The Morgan fingerprint density at radius 3 is 2.24 bits per heavy atom. The molecule has 0 spiro atoms. The highest BCUT2D eigenvalue weighted by Gasteiger charge is 2.03. The minimum atomic E-state index is -0.269. The van der Waals surface area contributed by atoms with Gasteiger partial charge in [0, 0.05) is 14.2 Å². The Morgan fingerprint density at radius 2 is 1.71 bits per heavy atom. The molecule has 0 aliphatic rings. The molecule has 3 nitrogen and oxygen atoms in total. The molecule has 0 radical (unpaired) electrons. The van der Waals surface area contributed by atoms with Gasteiger partial charge in [0.15, 0.2) is 6.29 Å². The van der Waals surface area contributed by atoms with Crippen LogP contribution in [0, 0.1) is 0 Å². The van der Waals surface area contributed by atoms with Crippen molar-refractivity contribution in [3.63, 3.8) is 0 Å². The average Bonchev–Trinajstić information content (AvgIpc) is 2.29. The SMILES string of the molecule is COC(COC/C=C(/C)CCC=C(C)C)OC. The zero-order valence-corrected chi connectivity index (χ0v) is 11.8. The van der Waals surface area contributed by atoms with Gasteiger partial charge in [0.05, 0.1) is 13.2 Å². The summed E-state index contributed by atoms with van der Waals surface area (Å²) in [7, 11) is 3.22. The van der Waals surface area contributed by atoms with Crippen LogP contribution in [0.2, 0.25) is 0 Å². The fourth-order valence-electron chi connectivity index (χ4n) is 1.29. The van der Waals surface area contributed by atoms with Gasteiger partial charge in [0.2, 0.25) is 0 Å². The van der Waals surface area contributed by atoms with Gasteiger partial charge < -0.3 is 14.2 Å². The molecule has 0 saturated carbocycles. The first-order valence-corrected chi connectivity index (χ1v) is 6.02. The van der Waals surface area contributed by atoms with E-state index >= 15 is 0 Å². The van der Waals surface area contributed by atoms with E-state index in [0.717, 1.165) is 12.8 Å². The van der Waals surface area contributed by atoms with Crippen LogP contribution in [0.25, 0.3) is 0 Å². The highest BCUT2D eigenvalue weighted by molar-refractivity contribution is 5.02. The van der Waals surface area contributed by atoms with Crippen molar-refractivity contribution in [2.24, 2.45) is 0 Å². The van der Waals surface area contributed by atoms with Crippen LogP contribution in [-0.4, -0.2) is 33.7 Å². The van der Waals surface area contributed by atoms with Gasteiger partial charge in [-0.15, -0.1) is 0 Å². The molecule has 17 heavy (non-hydrogen) atoms. The zero-order chi connectivity index (χ0) is 13.1. The van der Waals surface area contributed by atoms with E-state index in [9.17, 15) is 0 Å². The molecule has 0 aliphatic carbocycles. The zero-order valence-electron chi connectivity index (χ0n) is 11.8. The summed E-state index contributed by atoms with van der Waals surface area (Å²) in [6, 6.07) is 0. The van der Waals surface area contributed by atoms with Gasteiger partial charge in [-0.3, -0.25) is 0 Å². The van der Waals surface area contributed by atoms with Gasteiger partial charge in [-0.05, 0) is 33.6 Å². The molecule has 0 rings (SSSR count). The summed E-state index contributed by atoms with van der Waals surface area (Å²) >= 11 is 0. The van der Waals surface area contributed by atoms with Gasteiger partial charge in [0.25, 0.3) is 0 Å². The molecular formula is C14H26O3. The highest BCUT2D eigenvalue weighted by Crippen LogP contribution is 2.06. The summed E-state index contributed by atoms with van der Waals surface area (Å²) in [6.07, 6.45) is 6.29. The molecule has 0 aromatic rings. The first-order valence-electron chi connectivity index (χ1n) is 6.02. The van der Waals surface area contributed by atoms with Crippen molar-refractivity contribution in [3.8, 4) is 0 Å². The van der Waals surface area contributed by atoms with Crippen molar-refractivity contribution in [2.75, 3.05) is 27.4 Å². The fraction of sp³-hybridized carbons (Fsp3) is 0.714. The Morgan fingerprint density at radius 1 is 1.06 bits per heavy atom. The molecule has 0 aromatic carbocycles. The smallest absolute Gasteiger partial charge is 0.180 e. The van der Waals surface area contributed by atoms with Gasteiger partial charge >= 0.3 is 0 Å². The van der Waals surface area contributed by atoms with E-state index in [-0.39, 0.29) is 6.29 Å². The molecule has 100 valence electrons. The molecule has 0 aromatic heterocycles. The van der Waals surface area contributed by atoms with Crippen LogP contribution < -0.4 is 0 Å². The van der Waals surface area contributed by atoms with E-state index < -0.39 is 0 Å². The summed E-state index contributed by atoms with van der Waals surface area (Å²) < 4.78 is 15.5. The molecule has 0 amide bonds. The Labute approximate surface area is 105 Å². The number of ether oxygens (including phenoxy) is 3. The van der Waals surface area contributed by atoms with E-state index in [1.54, 1.807) is 14.2 Å². The van der Waals surface area contributed by atoms with Crippen LogP contribution in [0.3, 0.4) is 0 Å². The van der Waals surface area contributed by atoms with Crippen LogP contribution in [0.4, 0.5) is 0 Å². The lowest BCUT2D eigenvalue weighted by atomic mass is 10.1. The number of allylic oxidation sites excluding steroid dienone is 3. The molecule has 0 aliphatic heterocycles. The van der Waals surface area contributed by atoms with E-state index in [4.69, 9.17) is 14.2 Å². The van der Waals surface area contributed by atoms with Gasteiger partial charge in [-0.25, -0.2) is 0 Å². The second-order valence-electron chi connectivity index (χ2n) is 4.31. The number of hydrogen-bond donors (Lipinski definition) is 0. The molecule has 0 heterocycles. The lowest BCUT2D eigenvalue weighted by Gasteiger charge is -2.12.